The number of allylic oxidation sites excluding steroid dienone is 1. The van der Waals surface area contributed by atoms with Gasteiger partial charge < -0.3 is 14.6 Å². The summed E-state index contributed by atoms with van der Waals surface area (Å²) in [6.45, 7) is 1.94. The molecule has 1 aromatic rings. The molecule has 1 saturated heterocycles. The third-order valence-corrected chi connectivity index (χ3v) is 5.04. The molecule has 1 aliphatic carbocycles. The zero-order valence-electron chi connectivity index (χ0n) is 14.0. The summed E-state index contributed by atoms with van der Waals surface area (Å²) < 4.78 is 10.2. The van der Waals surface area contributed by atoms with Crippen LogP contribution in [-0.4, -0.2) is 42.8 Å². The number of hydrogen-bond acceptors (Lipinski definition) is 5. The van der Waals surface area contributed by atoms with Gasteiger partial charge in [-0.15, -0.1) is 0 Å². The van der Waals surface area contributed by atoms with Gasteiger partial charge in [-0.1, -0.05) is 11.6 Å². The van der Waals surface area contributed by atoms with E-state index in [0.717, 1.165) is 5.57 Å². The molecule has 1 heterocycles. The van der Waals surface area contributed by atoms with E-state index in [2.05, 4.69) is 0 Å². The smallest absolute Gasteiger partial charge is 0.332 e. The maximum Gasteiger partial charge on any atom is 0.332 e. The Morgan fingerprint density at radius 2 is 1.96 bits per heavy atom. The van der Waals surface area contributed by atoms with Crippen LogP contribution in [0, 0.1) is 5.92 Å². The second-order valence-electron chi connectivity index (χ2n) is 6.30. The van der Waals surface area contributed by atoms with Crippen LogP contribution < -0.4 is 9.64 Å². The van der Waals surface area contributed by atoms with Gasteiger partial charge in [-0.2, -0.15) is 0 Å². The summed E-state index contributed by atoms with van der Waals surface area (Å²) in [5.74, 6) is -0.853. The highest BCUT2D eigenvalue weighted by molar-refractivity contribution is 6.08. The minimum atomic E-state index is -1.23. The van der Waals surface area contributed by atoms with Crippen molar-refractivity contribution in [3.05, 3.63) is 35.9 Å². The highest BCUT2D eigenvalue weighted by atomic mass is 16.5. The first-order valence-electron chi connectivity index (χ1n) is 7.86. The molecular weight excluding hydrogens is 310 g/mol. The number of anilines is 1. The lowest BCUT2D eigenvalue weighted by Gasteiger charge is -2.41. The van der Waals surface area contributed by atoms with Crippen molar-refractivity contribution < 1.29 is 24.2 Å². The third kappa shape index (κ3) is 2.21. The molecule has 0 saturated carbocycles. The quantitative estimate of drug-likeness (QED) is 0.673. The van der Waals surface area contributed by atoms with Crippen molar-refractivity contribution in [2.45, 2.75) is 31.4 Å². The number of amides is 1. The molecule has 0 aromatic heterocycles. The lowest BCUT2D eigenvalue weighted by molar-refractivity contribution is -0.149. The minimum Gasteiger partial charge on any atom is -0.497 e. The van der Waals surface area contributed by atoms with E-state index in [0.29, 0.717) is 24.3 Å². The van der Waals surface area contributed by atoms with Gasteiger partial charge in [-0.3, -0.25) is 9.69 Å². The summed E-state index contributed by atoms with van der Waals surface area (Å²) in [7, 11) is 2.86. The van der Waals surface area contributed by atoms with Crippen LogP contribution in [0.3, 0.4) is 0 Å². The summed E-state index contributed by atoms with van der Waals surface area (Å²) in [6, 6.07) is 6.86. The van der Waals surface area contributed by atoms with E-state index in [1.807, 2.05) is 13.0 Å². The van der Waals surface area contributed by atoms with Gasteiger partial charge in [0.15, 0.2) is 5.54 Å². The highest BCUT2D eigenvalue weighted by Crippen LogP contribution is 2.48. The number of nitrogens with zero attached hydrogens (tertiary/aromatic N) is 1. The fourth-order valence-corrected chi connectivity index (χ4v) is 3.80. The number of hydrogen-bond donors (Lipinski definition) is 1. The molecule has 0 radical (unpaired) electrons. The predicted octanol–water partition coefficient (Wildman–Crippen LogP) is 1.67. The molecule has 3 atom stereocenters. The zero-order valence-corrected chi connectivity index (χ0v) is 14.0. The molecule has 1 amide bonds. The van der Waals surface area contributed by atoms with E-state index in [1.165, 1.54) is 12.0 Å². The van der Waals surface area contributed by atoms with E-state index in [1.54, 1.807) is 31.4 Å². The largest absolute Gasteiger partial charge is 0.497 e. The van der Waals surface area contributed by atoms with Gasteiger partial charge in [-0.05, 0) is 37.6 Å². The van der Waals surface area contributed by atoms with Crippen LogP contribution in [-0.2, 0) is 14.3 Å². The molecule has 1 fully saturated rings. The van der Waals surface area contributed by atoms with Crippen molar-refractivity contribution in [1.29, 1.82) is 0 Å². The summed E-state index contributed by atoms with van der Waals surface area (Å²) >= 11 is 0. The Morgan fingerprint density at radius 1 is 1.29 bits per heavy atom. The second kappa shape index (κ2) is 5.94. The van der Waals surface area contributed by atoms with Gasteiger partial charge >= 0.3 is 5.97 Å². The van der Waals surface area contributed by atoms with Gasteiger partial charge in [0.1, 0.15) is 11.9 Å². The Labute approximate surface area is 140 Å². The SMILES string of the molecule is COC(=O)[C@@]12CC=C(C)C[C@@H]1[C@@H](O)C(=O)N2c1ccc(OC)cc1. The van der Waals surface area contributed by atoms with Gasteiger partial charge in [0.2, 0.25) is 0 Å². The number of esters is 1. The third-order valence-electron chi connectivity index (χ3n) is 5.04. The maximum absolute atomic E-state index is 12.8. The minimum absolute atomic E-state index is 0.324. The lowest BCUT2D eigenvalue weighted by Crippen LogP contribution is -2.57. The van der Waals surface area contributed by atoms with E-state index >= 15 is 0 Å². The highest BCUT2D eigenvalue weighted by Gasteiger charge is 2.64. The molecule has 1 aliphatic heterocycles. The average Bonchev–Trinajstić information content (AvgIpc) is 2.83. The number of ether oxygens (including phenoxy) is 2. The Morgan fingerprint density at radius 3 is 2.54 bits per heavy atom. The van der Waals surface area contributed by atoms with E-state index in [9.17, 15) is 14.7 Å². The predicted molar refractivity (Wildman–Crippen MR) is 87.7 cm³/mol. The molecule has 128 valence electrons. The second-order valence-corrected chi connectivity index (χ2v) is 6.30. The van der Waals surface area contributed by atoms with Crippen LogP contribution in [0.5, 0.6) is 5.75 Å². The summed E-state index contributed by atoms with van der Waals surface area (Å²) in [5, 5.41) is 10.5. The number of aliphatic hydroxyl groups is 1. The molecule has 2 aliphatic rings. The van der Waals surface area contributed by atoms with Crippen LogP contribution in [0.1, 0.15) is 19.8 Å². The monoisotopic (exact) mass is 331 g/mol. The van der Waals surface area contributed by atoms with Gasteiger partial charge in [0, 0.05) is 18.0 Å². The lowest BCUT2D eigenvalue weighted by atomic mass is 9.73. The molecule has 24 heavy (non-hydrogen) atoms. The van der Waals surface area contributed by atoms with Crippen molar-refractivity contribution in [1.82, 2.24) is 0 Å². The van der Waals surface area contributed by atoms with E-state index in [4.69, 9.17) is 9.47 Å². The van der Waals surface area contributed by atoms with Crippen molar-refractivity contribution in [2.24, 2.45) is 5.92 Å². The number of fused-ring (bicyclic) bond motifs is 1. The Kier molecular flexibility index (Phi) is 4.09. The number of benzene rings is 1. The molecular formula is C18H21NO5. The van der Waals surface area contributed by atoms with Crippen LogP contribution in [0.25, 0.3) is 0 Å². The first-order chi connectivity index (χ1) is 11.5. The van der Waals surface area contributed by atoms with Gasteiger partial charge in [0.05, 0.1) is 14.2 Å². The number of aliphatic hydroxyl groups excluding tert-OH is 1. The molecule has 1 aromatic carbocycles. The molecule has 3 rings (SSSR count). The van der Waals surface area contributed by atoms with Crippen LogP contribution in [0.4, 0.5) is 5.69 Å². The Balaban J connectivity index is 2.14. The van der Waals surface area contributed by atoms with Crippen molar-refractivity contribution in [2.75, 3.05) is 19.1 Å². The molecule has 6 nitrogen and oxygen atoms in total. The normalized spacial score (nSPS) is 29.1. The maximum atomic E-state index is 12.8. The topological polar surface area (TPSA) is 76.1 Å². The molecule has 0 bridgehead atoms. The Bertz CT molecular complexity index is 696. The van der Waals surface area contributed by atoms with Crippen LogP contribution in [0.2, 0.25) is 0 Å². The molecule has 0 unspecified atom stereocenters. The summed E-state index contributed by atoms with van der Waals surface area (Å²) in [4.78, 5) is 26.9. The number of methoxy groups -OCH3 is 2. The number of carbonyl (C=O) groups is 2. The van der Waals surface area contributed by atoms with E-state index in [-0.39, 0.29) is 0 Å². The van der Waals surface area contributed by atoms with Crippen LogP contribution >= 0.6 is 0 Å². The zero-order chi connectivity index (χ0) is 17.5. The standard InChI is InChI=1S/C18H21NO5/c1-11-8-9-18(17(22)24-3)14(10-11)15(20)16(21)19(18)12-4-6-13(23-2)7-5-12/h4-8,14-15,20H,9-10H2,1-3H3/t14-,15-,18-/m1/s1. The average molecular weight is 331 g/mol. The number of rotatable bonds is 3. The molecule has 6 heteroatoms. The van der Waals surface area contributed by atoms with Crippen LogP contribution in [0.15, 0.2) is 35.9 Å². The van der Waals surface area contributed by atoms with Crippen molar-refractivity contribution in [3.8, 4) is 5.75 Å². The molecule has 0 spiro atoms. The molecule has 1 N–H and O–H groups in total. The van der Waals surface area contributed by atoms with Gasteiger partial charge in [-0.25, -0.2) is 4.79 Å². The van der Waals surface area contributed by atoms with Gasteiger partial charge in [0.25, 0.3) is 5.91 Å². The Hall–Kier alpha value is -2.34. The first-order valence-corrected chi connectivity index (χ1v) is 7.86. The van der Waals surface area contributed by atoms with Crippen molar-refractivity contribution >= 4 is 17.6 Å². The van der Waals surface area contributed by atoms with Crippen molar-refractivity contribution in [3.63, 3.8) is 0 Å². The fraction of sp³-hybridized carbons (Fsp3) is 0.444. The number of carbonyl (C=O) groups excluding carboxylic acids is 2. The first kappa shape index (κ1) is 16.5. The van der Waals surface area contributed by atoms with E-state index < -0.39 is 29.4 Å². The summed E-state index contributed by atoms with van der Waals surface area (Å²) in [6.07, 6.45) is 1.52. The summed E-state index contributed by atoms with van der Waals surface area (Å²) in [5.41, 5.74) is 0.392. The fourth-order valence-electron chi connectivity index (χ4n) is 3.80.